The molecule has 0 spiro atoms. The van der Waals surface area contributed by atoms with Gasteiger partial charge in [0.25, 0.3) is 0 Å². The second-order valence-electron chi connectivity index (χ2n) is 3.79. The number of halogens is 3. The van der Waals surface area contributed by atoms with E-state index in [0.29, 0.717) is 5.82 Å². The van der Waals surface area contributed by atoms with Crippen LogP contribution in [0.2, 0.25) is 0 Å². The number of rotatable bonds is 6. The van der Waals surface area contributed by atoms with E-state index in [1.807, 2.05) is 0 Å². The zero-order valence-corrected chi connectivity index (χ0v) is 9.94. The van der Waals surface area contributed by atoms with Crippen molar-refractivity contribution in [3.8, 4) is 0 Å². The highest BCUT2D eigenvalue weighted by Crippen LogP contribution is 2.20. The van der Waals surface area contributed by atoms with Crippen LogP contribution in [0.1, 0.15) is 11.7 Å². The zero-order valence-electron chi connectivity index (χ0n) is 9.94. The number of likely N-dealkylation sites (N-methyl/N-ethyl adjacent to an activating group) is 1. The van der Waals surface area contributed by atoms with Crippen molar-refractivity contribution in [2.24, 2.45) is 0 Å². The summed E-state index contributed by atoms with van der Waals surface area (Å²) >= 11 is 0. The first-order valence-electron chi connectivity index (χ1n) is 5.06. The summed E-state index contributed by atoms with van der Waals surface area (Å²) in [6.45, 7) is -0.381. The molecule has 1 unspecified atom stereocenters. The smallest absolute Gasteiger partial charge is 0.382 e. The normalized spacial score (nSPS) is 14.2. The molecule has 6 nitrogen and oxygen atoms in total. The van der Waals surface area contributed by atoms with Crippen LogP contribution in [-0.4, -0.2) is 53.1 Å². The first-order chi connectivity index (χ1) is 8.32. The van der Waals surface area contributed by atoms with Crippen molar-refractivity contribution < 1.29 is 27.5 Å². The van der Waals surface area contributed by atoms with Gasteiger partial charge in [-0.3, -0.25) is 4.90 Å². The number of ether oxygens (including phenoxy) is 1. The molecule has 1 atom stereocenters. The molecule has 0 fully saturated rings. The number of hydrogen-bond acceptors (Lipinski definition) is 6. The number of methoxy groups -OCH3 is 1. The van der Waals surface area contributed by atoms with Gasteiger partial charge in [0.1, 0.15) is 6.61 Å². The molecular weight excluding hydrogens is 255 g/mol. The summed E-state index contributed by atoms with van der Waals surface area (Å²) in [6, 6.07) is 0. The third-order valence-corrected chi connectivity index (χ3v) is 2.05. The lowest BCUT2D eigenvalue weighted by Gasteiger charge is -2.20. The molecule has 9 heteroatoms. The fourth-order valence-electron chi connectivity index (χ4n) is 1.24. The van der Waals surface area contributed by atoms with Gasteiger partial charge in [-0.15, -0.1) is 0 Å². The minimum Gasteiger partial charge on any atom is -0.382 e. The lowest BCUT2D eigenvalue weighted by atomic mass is 10.3. The molecule has 0 radical (unpaired) electrons. The van der Waals surface area contributed by atoms with Crippen LogP contribution >= 0.6 is 0 Å². The Balaban J connectivity index is 2.46. The van der Waals surface area contributed by atoms with Crippen LogP contribution < -0.4 is 0 Å². The van der Waals surface area contributed by atoms with Gasteiger partial charge in [0.05, 0.1) is 6.54 Å². The molecule has 0 aliphatic heterocycles. The minimum absolute atomic E-state index is 0.0177. The number of nitrogens with zero attached hydrogens (tertiary/aromatic N) is 3. The Morgan fingerprint density at radius 3 is 2.72 bits per heavy atom. The molecule has 0 amide bonds. The summed E-state index contributed by atoms with van der Waals surface area (Å²) in [5, 5.41) is 12.4. The van der Waals surface area contributed by atoms with Crippen molar-refractivity contribution in [3.63, 3.8) is 0 Å². The van der Waals surface area contributed by atoms with Crippen molar-refractivity contribution >= 4 is 0 Å². The topological polar surface area (TPSA) is 71.6 Å². The predicted molar refractivity (Wildman–Crippen MR) is 53.4 cm³/mol. The van der Waals surface area contributed by atoms with Gasteiger partial charge >= 0.3 is 6.18 Å². The standard InChI is InChI=1S/C9H14F3N3O3/c1-15(3-6(16)9(10,11)12)4-8-13-7(5-17-2)14-18-8/h6,16H,3-5H2,1-2H3. The van der Waals surface area contributed by atoms with Crippen LogP contribution in [0.5, 0.6) is 0 Å². The fourth-order valence-corrected chi connectivity index (χ4v) is 1.24. The molecule has 18 heavy (non-hydrogen) atoms. The van der Waals surface area contributed by atoms with Crippen LogP contribution in [0, 0.1) is 0 Å². The van der Waals surface area contributed by atoms with Gasteiger partial charge in [0, 0.05) is 13.7 Å². The Bertz CT molecular complexity index is 369. The Labute approximate surface area is 101 Å². The Kier molecular flexibility index (Phi) is 5.05. The molecule has 1 heterocycles. The summed E-state index contributed by atoms with van der Waals surface area (Å²) < 4.78 is 45.9. The van der Waals surface area contributed by atoms with Crippen molar-refractivity contribution in [1.29, 1.82) is 0 Å². The highest BCUT2D eigenvalue weighted by atomic mass is 19.4. The molecule has 0 saturated carbocycles. The minimum atomic E-state index is -4.63. The van der Waals surface area contributed by atoms with Gasteiger partial charge < -0.3 is 14.4 Å². The first kappa shape index (κ1) is 14.9. The number of hydrogen-bond donors (Lipinski definition) is 1. The number of alkyl halides is 3. The number of aliphatic hydroxyl groups excluding tert-OH is 1. The van der Waals surface area contributed by atoms with Gasteiger partial charge in [-0.1, -0.05) is 5.16 Å². The number of aliphatic hydroxyl groups is 1. The molecule has 0 bridgehead atoms. The molecule has 1 aromatic heterocycles. The average molecular weight is 269 g/mol. The van der Waals surface area contributed by atoms with Gasteiger partial charge in [0.2, 0.25) is 5.89 Å². The quantitative estimate of drug-likeness (QED) is 0.814. The second-order valence-corrected chi connectivity index (χ2v) is 3.79. The molecule has 1 N–H and O–H groups in total. The van der Waals surface area contributed by atoms with Gasteiger partial charge in [-0.25, -0.2) is 0 Å². The predicted octanol–water partition coefficient (Wildman–Crippen LogP) is 0.571. The van der Waals surface area contributed by atoms with E-state index in [-0.39, 0.29) is 19.0 Å². The average Bonchev–Trinajstić information content (AvgIpc) is 2.64. The van der Waals surface area contributed by atoms with Crippen molar-refractivity contribution in [1.82, 2.24) is 15.0 Å². The van der Waals surface area contributed by atoms with Crippen molar-refractivity contribution in [2.45, 2.75) is 25.4 Å². The second kappa shape index (κ2) is 6.12. The highest BCUT2D eigenvalue weighted by molar-refractivity contribution is 4.84. The third-order valence-electron chi connectivity index (χ3n) is 2.05. The molecule has 1 aromatic rings. The molecular formula is C9H14F3N3O3. The van der Waals surface area contributed by atoms with Crippen LogP contribution in [0.15, 0.2) is 4.52 Å². The summed E-state index contributed by atoms with van der Waals surface area (Å²) in [7, 11) is 2.87. The Hall–Kier alpha value is -1.19. The Morgan fingerprint density at radius 1 is 1.50 bits per heavy atom. The lowest BCUT2D eigenvalue weighted by molar-refractivity contribution is -0.207. The van der Waals surface area contributed by atoms with Crippen LogP contribution in [0.25, 0.3) is 0 Å². The van der Waals surface area contributed by atoms with Gasteiger partial charge in [-0.05, 0) is 7.05 Å². The van der Waals surface area contributed by atoms with Crippen molar-refractivity contribution in [2.75, 3.05) is 20.7 Å². The fraction of sp³-hybridized carbons (Fsp3) is 0.778. The first-order valence-corrected chi connectivity index (χ1v) is 5.06. The van der Waals surface area contributed by atoms with E-state index in [2.05, 4.69) is 10.1 Å². The van der Waals surface area contributed by atoms with Crippen molar-refractivity contribution in [3.05, 3.63) is 11.7 Å². The molecule has 0 aliphatic rings. The van der Waals surface area contributed by atoms with Gasteiger partial charge in [-0.2, -0.15) is 18.2 Å². The van der Waals surface area contributed by atoms with E-state index in [9.17, 15) is 13.2 Å². The third kappa shape index (κ3) is 4.59. The summed E-state index contributed by atoms with van der Waals surface area (Å²) in [5.41, 5.74) is 0. The molecule has 1 rings (SSSR count). The van der Waals surface area contributed by atoms with Gasteiger partial charge in [0.15, 0.2) is 11.9 Å². The summed E-state index contributed by atoms with van der Waals surface area (Å²) in [6.07, 6.45) is -7.03. The largest absolute Gasteiger partial charge is 0.415 e. The van der Waals surface area contributed by atoms with E-state index in [4.69, 9.17) is 14.4 Å². The maximum absolute atomic E-state index is 12.1. The maximum Gasteiger partial charge on any atom is 0.415 e. The highest BCUT2D eigenvalue weighted by Gasteiger charge is 2.38. The molecule has 0 aromatic carbocycles. The van der Waals surface area contributed by atoms with E-state index >= 15 is 0 Å². The SMILES string of the molecule is COCc1noc(CN(C)CC(O)C(F)(F)F)n1. The maximum atomic E-state index is 12.1. The molecule has 0 aliphatic carbocycles. The monoisotopic (exact) mass is 269 g/mol. The van der Waals surface area contributed by atoms with Crippen LogP contribution in [0.4, 0.5) is 13.2 Å². The van der Waals surface area contributed by atoms with E-state index in [1.54, 1.807) is 0 Å². The van der Waals surface area contributed by atoms with E-state index in [1.165, 1.54) is 19.1 Å². The molecule has 104 valence electrons. The zero-order chi connectivity index (χ0) is 13.8. The Morgan fingerprint density at radius 2 is 2.17 bits per heavy atom. The van der Waals surface area contributed by atoms with Crippen LogP contribution in [0.3, 0.4) is 0 Å². The summed E-state index contributed by atoms with van der Waals surface area (Å²) in [4.78, 5) is 5.14. The summed E-state index contributed by atoms with van der Waals surface area (Å²) in [5.74, 6) is 0.483. The lowest BCUT2D eigenvalue weighted by Crippen LogP contribution is -2.39. The molecule has 0 saturated heterocycles. The van der Waals surface area contributed by atoms with E-state index in [0.717, 1.165) is 0 Å². The van der Waals surface area contributed by atoms with E-state index < -0.39 is 18.8 Å². The number of aromatic nitrogens is 2. The van der Waals surface area contributed by atoms with Crippen LogP contribution in [-0.2, 0) is 17.9 Å².